The fourth-order valence-corrected chi connectivity index (χ4v) is 0. The summed E-state index contributed by atoms with van der Waals surface area (Å²) in [6.45, 7) is 0. The fourth-order valence-electron chi connectivity index (χ4n) is 0. The molecular weight excluding hydrogens is 100 g/mol. The second-order valence-electron chi connectivity index (χ2n) is 0.227. The van der Waals surface area contributed by atoms with E-state index >= 15 is 0 Å². The van der Waals surface area contributed by atoms with Crippen LogP contribution in [0.3, 0.4) is 0 Å². The van der Waals surface area contributed by atoms with Gasteiger partial charge in [-0.25, -0.2) is 0 Å². The highest BCUT2D eigenvalue weighted by Gasteiger charge is 1.63. The molecule has 0 atom stereocenters. The minimum absolute atomic E-state index is 0.168. The maximum Gasteiger partial charge on any atom is 0.291 e. The fraction of sp³-hybridized carbons (Fsp3) is 0. The van der Waals surface area contributed by atoms with Crippen LogP contribution in [0.2, 0.25) is 0 Å². The van der Waals surface area contributed by atoms with Crippen molar-refractivity contribution in [3.8, 4) is 0 Å². The van der Waals surface area contributed by atoms with E-state index in [2.05, 4.69) is 9.76 Å². The van der Waals surface area contributed by atoms with Crippen LogP contribution in [0.4, 0.5) is 0 Å². The van der Waals surface area contributed by atoms with E-state index in [4.69, 9.17) is 0 Å². The van der Waals surface area contributed by atoms with Gasteiger partial charge < -0.3 is 4.46 Å². The lowest BCUT2D eigenvalue weighted by molar-refractivity contribution is 0.586. The summed E-state index contributed by atoms with van der Waals surface area (Å²) >= 11 is 0. The van der Waals surface area contributed by atoms with E-state index in [0.29, 0.717) is 8.55 Å². The molecule has 4 heavy (non-hydrogen) atoms. The van der Waals surface area contributed by atoms with Gasteiger partial charge in [0.05, 0.1) is 8.55 Å². The molecule has 0 unspecified atom stereocenters. The lowest BCUT2D eigenvalue weighted by Gasteiger charge is -1.42. The number of rotatable bonds is 1. The molecule has 1 nitrogen and oxygen atoms in total. The first kappa shape index (κ1) is 4.45. The SMILES string of the molecule is O=[Si][Si][Si]. The Morgan fingerprint density at radius 3 is 2.00 bits per heavy atom. The molecule has 0 aliphatic rings. The van der Waals surface area contributed by atoms with Crippen LogP contribution in [0, 0.1) is 0 Å². The molecule has 0 N–H and O–H groups in total. The smallest absolute Gasteiger partial charge is 0.291 e. The van der Waals surface area contributed by atoms with Crippen LogP contribution in [0.25, 0.3) is 0 Å². The van der Waals surface area contributed by atoms with Crippen LogP contribution in [-0.2, 0) is 4.46 Å². The predicted molar refractivity (Wildman–Crippen MR) is 17.9 cm³/mol. The molecule has 0 spiro atoms. The molecule has 0 saturated carbocycles. The van der Waals surface area contributed by atoms with Gasteiger partial charge in [-0.3, -0.25) is 0 Å². The van der Waals surface area contributed by atoms with Crippen molar-refractivity contribution in [2.45, 2.75) is 0 Å². The minimum Gasteiger partial charge on any atom is -0.390 e. The summed E-state index contributed by atoms with van der Waals surface area (Å²) in [6.07, 6.45) is 0. The van der Waals surface area contributed by atoms with Gasteiger partial charge >= 0.3 is 0 Å². The number of hydrogen-bond acceptors (Lipinski definition) is 1. The van der Waals surface area contributed by atoms with Crippen LogP contribution < -0.4 is 0 Å². The molecule has 0 amide bonds. The lowest BCUT2D eigenvalue weighted by atomic mass is 16.0. The molecule has 0 heterocycles. The van der Waals surface area contributed by atoms with E-state index in [-0.39, 0.29) is 8.92 Å². The molecule has 4 heteroatoms. The van der Waals surface area contributed by atoms with E-state index in [1.807, 2.05) is 0 Å². The van der Waals surface area contributed by atoms with Crippen LogP contribution >= 0.6 is 0 Å². The van der Waals surface area contributed by atoms with E-state index < -0.39 is 0 Å². The Kier molecular flexibility index (Phi) is 3.84. The van der Waals surface area contributed by atoms with Crippen molar-refractivity contribution in [3.05, 3.63) is 0 Å². The summed E-state index contributed by atoms with van der Waals surface area (Å²) in [5.41, 5.74) is 0. The third kappa shape index (κ3) is 2.45. The zero-order valence-electron chi connectivity index (χ0n) is 1.91. The third-order valence-electron chi connectivity index (χ3n) is 0.0510. The molecule has 0 aromatic carbocycles. The Labute approximate surface area is 32.5 Å². The van der Waals surface area contributed by atoms with Crippen molar-refractivity contribution in [3.63, 3.8) is 0 Å². The minimum atomic E-state index is -0.168. The van der Waals surface area contributed by atoms with Crippen molar-refractivity contribution in [1.82, 2.24) is 0 Å². The Morgan fingerprint density at radius 2 is 2.00 bits per heavy atom. The predicted octanol–water partition coefficient (Wildman–Crippen LogP) is -1.26. The maximum atomic E-state index is 9.29. The van der Waals surface area contributed by atoms with Gasteiger partial charge in [-0.2, -0.15) is 0 Å². The van der Waals surface area contributed by atoms with Gasteiger partial charge in [0.25, 0.3) is 8.92 Å². The molecule has 0 saturated heterocycles. The van der Waals surface area contributed by atoms with Crippen molar-refractivity contribution >= 4 is 27.2 Å². The van der Waals surface area contributed by atoms with Crippen molar-refractivity contribution in [2.24, 2.45) is 0 Å². The van der Waals surface area contributed by atoms with Gasteiger partial charge in [0, 0.05) is 9.76 Å². The summed E-state index contributed by atoms with van der Waals surface area (Å²) in [7, 11) is 3.27. The molecule has 0 bridgehead atoms. The molecule has 0 rings (SSSR count). The Bertz CT molecular complexity index is 17.2. The molecule has 0 aromatic rings. The van der Waals surface area contributed by atoms with Gasteiger partial charge in [0.15, 0.2) is 0 Å². The summed E-state index contributed by atoms with van der Waals surface area (Å²) in [5.74, 6) is 0. The van der Waals surface area contributed by atoms with E-state index in [1.165, 1.54) is 0 Å². The molecule has 0 aliphatic heterocycles. The topological polar surface area (TPSA) is 17.1 Å². The van der Waals surface area contributed by atoms with Crippen LogP contribution in [-0.4, -0.2) is 27.2 Å². The normalized spacial score (nSPS) is 6.25. The van der Waals surface area contributed by atoms with Crippen molar-refractivity contribution < 1.29 is 4.46 Å². The monoisotopic (exact) mass is 99.9 g/mol. The zero-order chi connectivity index (χ0) is 3.41. The van der Waals surface area contributed by atoms with E-state index in [9.17, 15) is 4.46 Å². The molecule has 6 radical (unpaired) electrons. The zero-order valence-corrected chi connectivity index (χ0v) is 4.91. The standard InChI is InChI=1S/OSi3/c1-3-4-2. The largest absolute Gasteiger partial charge is 0.390 e. The van der Waals surface area contributed by atoms with Crippen LogP contribution in [0.5, 0.6) is 0 Å². The van der Waals surface area contributed by atoms with Gasteiger partial charge in [0.1, 0.15) is 0 Å². The quantitative estimate of drug-likeness (QED) is 0.376. The van der Waals surface area contributed by atoms with Gasteiger partial charge in [-0.05, 0) is 0 Å². The van der Waals surface area contributed by atoms with Gasteiger partial charge in [-0.1, -0.05) is 0 Å². The summed E-state index contributed by atoms with van der Waals surface area (Å²) in [6, 6.07) is 0. The molecular formula is OSi3. The molecule has 18 valence electrons. The van der Waals surface area contributed by atoms with Crippen LogP contribution in [0.15, 0.2) is 0 Å². The second kappa shape index (κ2) is 3.45. The average Bonchev–Trinajstić information content (AvgIpc) is 1.37. The van der Waals surface area contributed by atoms with Crippen LogP contribution in [0.1, 0.15) is 0 Å². The highest BCUT2D eigenvalue weighted by atomic mass is 29.5. The average molecular weight is 100 g/mol. The third-order valence-corrected chi connectivity index (χ3v) is 1.38. The molecule has 0 aliphatic carbocycles. The first-order valence-corrected chi connectivity index (χ1v) is 5.11. The van der Waals surface area contributed by atoms with Gasteiger partial charge in [-0.15, -0.1) is 0 Å². The molecule has 0 fully saturated rings. The van der Waals surface area contributed by atoms with Crippen molar-refractivity contribution in [1.29, 1.82) is 0 Å². The Balaban J connectivity index is 2.30. The lowest BCUT2D eigenvalue weighted by Crippen LogP contribution is -1.88. The highest BCUT2D eigenvalue weighted by Crippen LogP contribution is 1.15. The van der Waals surface area contributed by atoms with Gasteiger partial charge in [0.2, 0.25) is 0 Å². The first-order chi connectivity index (χ1) is 1.91. The maximum absolute atomic E-state index is 9.29. The summed E-state index contributed by atoms with van der Waals surface area (Å²) in [5, 5.41) is 0. The number of hydrogen-bond donors (Lipinski definition) is 0. The second-order valence-corrected chi connectivity index (χ2v) is 4.29. The summed E-state index contributed by atoms with van der Waals surface area (Å²) in [4.78, 5) is 0. The Morgan fingerprint density at radius 1 is 1.75 bits per heavy atom. The first-order valence-electron chi connectivity index (χ1n) is 0.704. The highest BCUT2D eigenvalue weighted by molar-refractivity contribution is 7.19. The van der Waals surface area contributed by atoms with E-state index in [0.717, 1.165) is 0 Å². The molecule has 0 aromatic heterocycles. The van der Waals surface area contributed by atoms with Crippen molar-refractivity contribution in [2.75, 3.05) is 0 Å². The Hall–Kier alpha value is 0.451. The summed E-state index contributed by atoms with van der Waals surface area (Å²) < 4.78 is 9.29. The van der Waals surface area contributed by atoms with E-state index in [1.54, 1.807) is 0 Å².